The van der Waals surface area contributed by atoms with E-state index in [-0.39, 0.29) is 5.97 Å². The molecule has 2 aliphatic heterocycles. The molecule has 246 valence electrons. The number of nitrogens with zero attached hydrogens (tertiary/aromatic N) is 2. The molecule has 0 aromatic carbocycles. The lowest BCUT2D eigenvalue weighted by Crippen LogP contribution is -2.29. The van der Waals surface area contributed by atoms with Gasteiger partial charge in [-0.15, -0.1) is 0 Å². The van der Waals surface area contributed by atoms with E-state index in [1.54, 1.807) is 0 Å². The van der Waals surface area contributed by atoms with E-state index in [4.69, 9.17) is 14.7 Å². The van der Waals surface area contributed by atoms with E-state index in [0.29, 0.717) is 18.6 Å². The van der Waals surface area contributed by atoms with Crippen LogP contribution in [0.5, 0.6) is 0 Å². The first-order chi connectivity index (χ1) is 22.8. The Balaban J connectivity index is 1.89. The van der Waals surface area contributed by atoms with Gasteiger partial charge >= 0.3 is 5.97 Å². The number of carbonyl (C=O) groups is 1. The van der Waals surface area contributed by atoms with Crippen LogP contribution in [0.3, 0.4) is 0 Å². The molecule has 3 aromatic heterocycles. The topological polar surface area (TPSA) is 83.7 Å². The highest BCUT2D eigenvalue weighted by Gasteiger charge is 2.52. The van der Waals surface area contributed by atoms with Gasteiger partial charge in [-0.3, -0.25) is 4.98 Å². The summed E-state index contributed by atoms with van der Waals surface area (Å²) in [5, 5.41) is 0. The highest BCUT2D eigenvalue weighted by molar-refractivity contribution is 6.08. The maximum atomic E-state index is 13.8. The molecule has 2 N–H and O–H groups in total. The Morgan fingerprint density at radius 1 is 0.723 bits per heavy atom. The van der Waals surface area contributed by atoms with Gasteiger partial charge in [-0.1, -0.05) is 54.5 Å². The zero-order valence-electron chi connectivity index (χ0n) is 29.8. The third-order valence-electron chi connectivity index (χ3n) is 10.7. The van der Waals surface area contributed by atoms with E-state index in [9.17, 15) is 4.79 Å². The maximum Gasteiger partial charge on any atom is 0.335 e. The van der Waals surface area contributed by atoms with Crippen LogP contribution in [0, 0.1) is 0 Å². The first kappa shape index (κ1) is 32.7. The van der Waals surface area contributed by atoms with Crippen molar-refractivity contribution in [1.29, 1.82) is 0 Å². The van der Waals surface area contributed by atoms with Crippen LogP contribution in [0.25, 0.3) is 44.9 Å². The van der Waals surface area contributed by atoms with E-state index in [0.717, 1.165) is 94.5 Å². The molecular weight excluding hydrogens is 580 g/mol. The van der Waals surface area contributed by atoms with Crippen molar-refractivity contribution in [1.82, 2.24) is 19.9 Å². The van der Waals surface area contributed by atoms with Crippen LogP contribution in [0.15, 0.2) is 29.8 Å². The fourth-order valence-corrected chi connectivity index (χ4v) is 8.63. The van der Waals surface area contributed by atoms with Crippen molar-refractivity contribution in [3.05, 3.63) is 80.4 Å². The molecule has 6 nitrogen and oxygen atoms in total. The van der Waals surface area contributed by atoms with Crippen LogP contribution in [-0.2, 0) is 40.6 Å². The molecule has 1 aliphatic carbocycles. The van der Waals surface area contributed by atoms with Gasteiger partial charge in [-0.2, -0.15) is 0 Å². The van der Waals surface area contributed by atoms with Crippen LogP contribution in [0.4, 0.5) is 0 Å². The molecule has 3 aliphatic rings. The number of carbonyl (C=O) groups excluding carboxylic acids is 1. The first-order valence-electron chi connectivity index (χ1n) is 17.9. The Bertz CT molecular complexity index is 2030. The number of aromatic nitrogens is 4. The van der Waals surface area contributed by atoms with Gasteiger partial charge in [0.15, 0.2) is 0 Å². The molecule has 0 saturated carbocycles. The predicted molar refractivity (Wildman–Crippen MR) is 196 cm³/mol. The number of hydrogen-bond donors (Lipinski definition) is 2. The summed E-state index contributed by atoms with van der Waals surface area (Å²) in [6.07, 6.45) is 10.3. The Labute approximate surface area is 279 Å². The van der Waals surface area contributed by atoms with Gasteiger partial charge in [0, 0.05) is 27.6 Å². The molecule has 0 fully saturated rings. The second kappa shape index (κ2) is 12.8. The molecule has 6 heteroatoms. The van der Waals surface area contributed by atoms with Crippen molar-refractivity contribution in [2.75, 3.05) is 6.61 Å². The molecule has 0 saturated heterocycles. The van der Waals surface area contributed by atoms with Crippen LogP contribution in [0.2, 0.25) is 0 Å². The van der Waals surface area contributed by atoms with Gasteiger partial charge in [0.05, 0.1) is 40.4 Å². The second-order valence-corrected chi connectivity index (χ2v) is 12.7. The number of aryl methyl sites for hydroxylation is 4. The second-order valence-electron chi connectivity index (χ2n) is 12.7. The number of esters is 1. The molecule has 3 aromatic rings. The third-order valence-corrected chi connectivity index (χ3v) is 10.7. The zero-order chi connectivity index (χ0) is 33.6. The standard InChI is InChI=1S/C41H50N4O2/c1-10-23-24(11-2)34-21-36-27(14-5)28(15-6)38(44-36)29-19-31(40(46)47-18-9)41(17-8)30(16-7)37(45-39(29)41)22-35-26(13-4)25(12-3)33(43-35)20-32(23)42-34/h16,19-22,42-43H,10-15,17-18H2,1-9H3/b30-16+,32-20?,33-20?,34-21?,35-22?,36-21?,37-22?,38-29?. The summed E-state index contributed by atoms with van der Waals surface area (Å²) in [7, 11) is 0. The number of aromatic amines is 2. The van der Waals surface area contributed by atoms with Gasteiger partial charge in [0.25, 0.3) is 0 Å². The maximum absolute atomic E-state index is 13.8. The molecule has 1 atom stereocenters. The Kier molecular flexibility index (Phi) is 8.90. The minimum atomic E-state index is -0.697. The van der Waals surface area contributed by atoms with Crippen LogP contribution in [0.1, 0.15) is 132 Å². The van der Waals surface area contributed by atoms with Gasteiger partial charge in [0.1, 0.15) is 0 Å². The number of ether oxygens (including phenoxy) is 1. The third kappa shape index (κ3) is 4.77. The fraction of sp³-hybridized carbons (Fsp3) is 0.439. The smallest absolute Gasteiger partial charge is 0.335 e. The lowest BCUT2D eigenvalue weighted by molar-refractivity contribution is -0.139. The van der Waals surface area contributed by atoms with Gasteiger partial charge in [-0.05, 0) is 122 Å². The van der Waals surface area contributed by atoms with E-state index in [2.05, 4.69) is 89.6 Å². The number of fused-ring (bicyclic) bond motifs is 8. The highest BCUT2D eigenvalue weighted by atomic mass is 16.5. The summed E-state index contributed by atoms with van der Waals surface area (Å²) in [5.41, 5.74) is 18.1. The summed E-state index contributed by atoms with van der Waals surface area (Å²) in [4.78, 5) is 32.4. The summed E-state index contributed by atoms with van der Waals surface area (Å²) in [5.74, 6) is -0.281. The predicted octanol–water partition coefficient (Wildman–Crippen LogP) is 10.0. The van der Waals surface area contributed by atoms with Crippen LogP contribution >= 0.6 is 0 Å². The SMILES string of the molecule is C/C=C1\c2cc3[nH]c(cc4[nH]c(cc5nc(c6c(n2)C1(CC)C(C(=O)OCC)=C6)C(CC)=C5CC)c(CC)c4CC)c(CC)c3CC. The normalized spacial score (nSPS) is 18.0. The van der Waals surface area contributed by atoms with Gasteiger partial charge < -0.3 is 14.7 Å². The van der Waals surface area contributed by atoms with E-state index in [1.165, 1.54) is 33.4 Å². The molecule has 47 heavy (non-hydrogen) atoms. The average molecular weight is 631 g/mol. The number of allylic oxidation sites excluding steroid dienone is 4. The highest BCUT2D eigenvalue weighted by Crippen LogP contribution is 2.56. The lowest BCUT2D eigenvalue weighted by atomic mass is 9.72. The van der Waals surface area contributed by atoms with Gasteiger partial charge in [-0.25, -0.2) is 9.78 Å². The molecule has 0 spiro atoms. The number of rotatable bonds is 9. The molecule has 5 heterocycles. The molecule has 0 radical (unpaired) electrons. The molecule has 0 amide bonds. The zero-order valence-corrected chi connectivity index (χ0v) is 29.8. The van der Waals surface area contributed by atoms with Crippen LogP contribution in [-0.4, -0.2) is 32.5 Å². The van der Waals surface area contributed by atoms with Crippen molar-refractivity contribution in [3.63, 3.8) is 0 Å². The molecular formula is C41H50N4O2. The van der Waals surface area contributed by atoms with E-state index >= 15 is 0 Å². The van der Waals surface area contributed by atoms with Crippen molar-refractivity contribution < 1.29 is 9.53 Å². The van der Waals surface area contributed by atoms with E-state index in [1.807, 2.05) is 13.0 Å². The average Bonchev–Trinajstić information content (AvgIpc) is 3.84. The summed E-state index contributed by atoms with van der Waals surface area (Å²) in [6, 6.07) is 6.79. The Hall–Kier alpha value is -4.19. The number of H-pyrrole nitrogens is 2. The lowest BCUT2D eigenvalue weighted by Gasteiger charge is -2.28. The molecule has 6 rings (SSSR count). The fourth-order valence-electron chi connectivity index (χ4n) is 8.63. The monoisotopic (exact) mass is 630 g/mol. The van der Waals surface area contributed by atoms with Crippen molar-refractivity contribution in [3.8, 4) is 0 Å². The van der Waals surface area contributed by atoms with Crippen molar-refractivity contribution >= 4 is 50.8 Å². The minimum absolute atomic E-state index is 0.281. The first-order valence-corrected chi connectivity index (χ1v) is 17.9. The van der Waals surface area contributed by atoms with Crippen molar-refractivity contribution in [2.24, 2.45) is 0 Å². The summed E-state index contributed by atoms with van der Waals surface area (Å²) in [6.45, 7) is 19.8. The Morgan fingerprint density at radius 2 is 1.26 bits per heavy atom. The molecule has 8 bridgehead atoms. The number of hydrogen-bond acceptors (Lipinski definition) is 4. The van der Waals surface area contributed by atoms with Crippen molar-refractivity contribution in [2.45, 2.75) is 113 Å². The largest absolute Gasteiger partial charge is 0.463 e. The Morgan fingerprint density at radius 3 is 1.72 bits per heavy atom. The van der Waals surface area contributed by atoms with E-state index < -0.39 is 5.41 Å². The summed E-state index contributed by atoms with van der Waals surface area (Å²) >= 11 is 0. The molecule has 1 unspecified atom stereocenters. The quantitative estimate of drug-likeness (QED) is 0.231. The van der Waals surface area contributed by atoms with Crippen LogP contribution < -0.4 is 0 Å². The summed E-state index contributed by atoms with van der Waals surface area (Å²) < 4.78 is 5.73. The minimum Gasteiger partial charge on any atom is -0.463 e. The number of nitrogens with one attached hydrogen (secondary N) is 2. The van der Waals surface area contributed by atoms with Gasteiger partial charge in [0.2, 0.25) is 0 Å².